The van der Waals surface area contributed by atoms with Crippen LogP contribution in [0.25, 0.3) is 0 Å². The van der Waals surface area contributed by atoms with E-state index in [0.717, 1.165) is 0 Å². The zero-order valence-corrected chi connectivity index (χ0v) is 14.3. The number of carboxylic acids is 1. The number of ether oxygens (including phenoxy) is 2. The summed E-state index contributed by atoms with van der Waals surface area (Å²) < 4.78 is 10.5. The number of rotatable bonds is 7. The lowest BCUT2D eigenvalue weighted by Gasteiger charge is -2.27. The molecule has 1 saturated heterocycles. The predicted molar refractivity (Wildman–Crippen MR) is 89.4 cm³/mol. The second kappa shape index (κ2) is 8.89. The Hall–Kier alpha value is -1.79. The van der Waals surface area contributed by atoms with E-state index in [1.807, 2.05) is 0 Å². The first kappa shape index (κ1) is 18.5. The summed E-state index contributed by atoms with van der Waals surface area (Å²) in [6.45, 7) is 1.26. The number of hydrogen-bond donors (Lipinski definition) is 2. The molecule has 0 spiro atoms. The van der Waals surface area contributed by atoms with Crippen molar-refractivity contribution >= 4 is 23.5 Å². The first-order valence-electron chi connectivity index (χ1n) is 7.91. The van der Waals surface area contributed by atoms with E-state index >= 15 is 0 Å². The fourth-order valence-corrected chi connectivity index (χ4v) is 3.11. The molecule has 1 aliphatic heterocycles. The topological polar surface area (TPSA) is 84.9 Å². The van der Waals surface area contributed by atoms with Crippen molar-refractivity contribution in [3.05, 3.63) is 28.8 Å². The molecule has 24 heavy (non-hydrogen) atoms. The van der Waals surface area contributed by atoms with E-state index in [0.29, 0.717) is 42.4 Å². The molecule has 1 amide bonds. The monoisotopic (exact) mass is 355 g/mol. The molecule has 7 heteroatoms. The van der Waals surface area contributed by atoms with Crippen LogP contribution in [0.4, 0.5) is 0 Å². The van der Waals surface area contributed by atoms with Gasteiger partial charge in [0.15, 0.2) is 0 Å². The molecule has 1 aromatic rings. The van der Waals surface area contributed by atoms with Crippen molar-refractivity contribution in [1.82, 2.24) is 5.32 Å². The number of benzene rings is 1. The van der Waals surface area contributed by atoms with Gasteiger partial charge < -0.3 is 19.9 Å². The van der Waals surface area contributed by atoms with Gasteiger partial charge in [-0.25, -0.2) is 0 Å². The molecule has 0 radical (unpaired) electrons. The maximum Gasteiger partial charge on any atom is 0.308 e. The van der Waals surface area contributed by atoms with Crippen molar-refractivity contribution in [2.24, 2.45) is 11.8 Å². The summed E-state index contributed by atoms with van der Waals surface area (Å²) in [6, 6.07) is 5.06. The van der Waals surface area contributed by atoms with Crippen molar-refractivity contribution in [1.29, 1.82) is 0 Å². The Morgan fingerprint density at radius 1 is 1.42 bits per heavy atom. The molecule has 1 heterocycles. The van der Waals surface area contributed by atoms with Crippen LogP contribution in [0.5, 0.6) is 5.75 Å². The molecule has 2 rings (SSSR count). The number of amides is 1. The van der Waals surface area contributed by atoms with Crippen molar-refractivity contribution < 1.29 is 24.2 Å². The molecule has 1 unspecified atom stereocenters. The highest BCUT2D eigenvalue weighted by Gasteiger charge is 2.30. The molecule has 0 aliphatic carbocycles. The highest BCUT2D eigenvalue weighted by molar-refractivity contribution is 6.30. The third-order valence-corrected chi connectivity index (χ3v) is 4.50. The number of halogens is 1. The molecule has 1 atom stereocenters. The Morgan fingerprint density at radius 2 is 2.12 bits per heavy atom. The molecule has 1 aliphatic rings. The van der Waals surface area contributed by atoms with E-state index in [-0.39, 0.29) is 24.8 Å². The van der Waals surface area contributed by atoms with Gasteiger partial charge in [-0.3, -0.25) is 9.59 Å². The van der Waals surface area contributed by atoms with E-state index in [1.165, 1.54) is 7.11 Å². The number of carboxylic acid groups (broad SMARTS) is 1. The van der Waals surface area contributed by atoms with Gasteiger partial charge in [0.1, 0.15) is 5.75 Å². The van der Waals surface area contributed by atoms with Crippen LogP contribution in [0.3, 0.4) is 0 Å². The van der Waals surface area contributed by atoms with Crippen LogP contribution < -0.4 is 10.1 Å². The van der Waals surface area contributed by atoms with Gasteiger partial charge in [-0.15, -0.1) is 0 Å². The average molecular weight is 356 g/mol. The number of hydrogen-bond acceptors (Lipinski definition) is 4. The Balaban J connectivity index is 1.93. The van der Waals surface area contributed by atoms with Crippen molar-refractivity contribution in [2.45, 2.75) is 19.3 Å². The first-order valence-corrected chi connectivity index (χ1v) is 8.28. The lowest BCUT2D eigenvalue weighted by Crippen LogP contribution is -2.39. The predicted octanol–water partition coefficient (Wildman–Crippen LogP) is 2.13. The number of carbonyl (C=O) groups is 2. The van der Waals surface area contributed by atoms with Crippen LogP contribution in [0.1, 0.15) is 18.4 Å². The van der Waals surface area contributed by atoms with Gasteiger partial charge in [0.25, 0.3) is 0 Å². The molecule has 1 fully saturated rings. The summed E-state index contributed by atoms with van der Waals surface area (Å²) in [5.41, 5.74) is 0.667. The van der Waals surface area contributed by atoms with Crippen LogP contribution in [0.15, 0.2) is 18.2 Å². The largest absolute Gasteiger partial charge is 0.496 e. The van der Waals surface area contributed by atoms with E-state index in [1.54, 1.807) is 18.2 Å². The third-order valence-electron chi connectivity index (χ3n) is 4.26. The molecule has 6 nitrogen and oxygen atoms in total. The second-order valence-electron chi connectivity index (χ2n) is 5.83. The minimum Gasteiger partial charge on any atom is -0.496 e. The molecular formula is C17H22ClNO5. The first-order chi connectivity index (χ1) is 11.5. The van der Waals surface area contributed by atoms with Gasteiger partial charge in [-0.2, -0.15) is 0 Å². The number of aliphatic carboxylic acids is 1. The van der Waals surface area contributed by atoms with E-state index in [9.17, 15) is 14.7 Å². The van der Waals surface area contributed by atoms with Gasteiger partial charge in [-0.05, 0) is 37.0 Å². The molecule has 0 bridgehead atoms. The SMILES string of the molecule is COc1ccc(Cl)cc1CC(=O)NCC(C(=O)O)C1CCOCC1. The quantitative estimate of drug-likeness (QED) is 0.782. The number of carbonyl (C=O) groups excluding carboxylic acids is 1. The molecular weight excluding hydrogens is 334 g/mol. The van der Waals surface area contributed by atoms with Crippen molar-refractivity contribution in [3.8, 4) is 5.75 Å². The second-order valence-corrected chi connectivity index (χ2v) is 6.27. The lowest BCUT2D eigenvalue weighted by molar-refractivity contribution is -0.144. The van der Waals surface area contributed by atoms with Crippen LogP contribution in [0.2, 0.25) is 5.02 Å². The fraction of sp³-hybridized carbons (Fsp3) is 0.529. The minimum atomic E-state index is -0.887. The van der Waals surface area contributed by atoms with E-state index < -0.39 is 11.9 Å². The number of nitrogens with one attached hydrogen (secondary N) is 1. The zero-order valence-electron chi connectivity index (χ0n) is 13.6. The molecule has 1 aromatic carbocycles. The lowest BCUT2D eigenvalue weighted by atomic mass is 9.86. The zero-order chi connectivity index (χ0) is 17.5. The Bertz CT molecular complexity index is 586. The summed E-state index contributed by atoms with van der Waals surface area (Å²) in [6.07, 6.45) is 1.49. The summed E-state index contributed by atoms with van der Waals surface area (Å²) in [5.74, 6) is -1.14. The fourth-order valence-electron chi connectivity index (χ4n) is 2.92. The Morgan fingerprint density at radius 3 is 2.75 bits per heavy atom. The number of methoxy groups -OCH3 is 1. The summed E-state index contributed by atoms with van der Waals surface area (Å²) in [7, 11) is 1.52. The summed E-state index contributed by atoms with van der Waals surface area (Å²) in [4.78, 5) is 23.7. The highest BCUT2D eigenvalue weighted by Crippen LogP contribution is 2.25. The van der Waals surface area contributed by atoms with E-state index in [2.05, 4.69) is 5.32 Å². The summed E-state index contributed by atoms with van der Waals surface area (Å²) >= 11 is 5.95. The van der Waals surface area contributed by atoms with Crippen molar-refractivity contribution in [2.75, 3.05) is 26.9 Å². The molecule has 132 valence electrons. The van der Waals surface area contributed by atoms with Crippen LogP contribution in [0, 0.1) is 11.8 Å². The van der Waals surface area contributed by atoms with Gasteiger partial charge >= 0.3 is 5.97 Å². The van der Waals surface area contributed by atoms with Crippen LogP contribution >= 0.6 is 11.6 Å². The normalized spacial score (nSPS) is 16.4. The smallest absolute Gasteiger partial charge is 0.308 e. The summed E-state index contributed by atoms with van der Waals surface area (Å²) in [5, 5.41) is 12.7. The van der Waals surface area contributed by atoms with Crippen LogP contribution in [-0.2, 0) is 20.7 Å². The Labute approximate surface area is 146 Å². The minimum absolute atomic E-state index is 0.0252. The molecule has 2 N–H and O–H groups in total. The van der Waals surface area contributed by atoms with Gasteiger partial charge in [0.2, 0.25) is 5.91 Å². The third kappa shape index (κ3) is 5.11. The van der Waals surface area contributed by atoms with Crippen LogP contribution in [-0.4, -0.2) is 43.9 Å². The van der Waals surface area contributed by atoms with Gasteiger partial charge in [-0.1, -0.05) is 11.6 Å². The van der Waals surface area contributed by atoms with E-state index in [4.69, 9.17) is 21.1 Å². The average Bonchev–Trinajstić information content (AvgIpc) is 2.56. The molecule has 0 aromatic heterocycles. The standard InChI is InChI=1S/C17H22ClNO5/c1-23-15-3-2-13(18)8-12(15)9-16(20)19-10-14(17(21)22)11-4-6-24-7-5-11/h2-3,8,11,14H,4-7,9-10H2,1H3,(H,19,20)(H,21,22). The molecule has 0 saturated carbocycles. The highest BCUT2D eigenvalue weighted by atomic mass is 35.5. The maximum atomic E-state index is 12.2. The van der Waals surface area contributed by atoms with Gasteiger partial charge in [0.05, 0.1) is 19.4 Å². The van der Waals surface area contributed by atoms with Crippen molar-refractivity contribution in [3.63, 3.8) is 0 Å². The maximum absolute atomic E-state index is 12.2. The van der Waals surface area contributed by atoms with Gasteiger partial charge in [0, 0.05) is 30.3 Å². The Kier molecular flexibility index (Phi) is 6.87.